The molecule has 4 nitrogen and oxygen atoms in total. The number of aromatic nitrogens is 1. The molecule has 0 amide bonds. The van der Waals surface area contributed by atoms with E-state index in [9.17, 15) is 9.90 Å². The predicted molar refractivity (Wildman–Crippen MR) is 82.8 cm³/mol. The van der Waals surface area contributed by atoms with Gasteiger partial charge in [-0.15, -0.1) is 11.3 Å². The maximum atomic E-state index is 11.3. The molecule has 0 bridgehead atoms. The number of nitrogens with zero attached hydrogens (tertiary/aromatic N) is 2. The second-order valence-corrected chi connectivity index (χ2v) is 6.70. The fraction of sp³-hybridized carbons (Fsp3) is 0.733. The number of rotatable bonds is 6. The van der Waals surface area contributed by atoms with Crippen molar-refractivity contribution in [2.45, 2.75) is 52.4 Å². The molecule has 1 N–H and O–H groups in total. The summed E-state index contributed by atoms with van der Waals surface area (Å²) in [6.45, 7) is 8.51. The minimum absolute atomic E-state index is 0.397. The molecule has 0 aliphatic heterocycles. The molecule has 0 saturated heterocycles. The van der Waals surface area contributed by atoms with Gasteiger partial charge in [0.15, 0.2) is 5.13 Å². The van der Waals surface area contributed by atoms with E-state index in [0.29, 0.717) is 5.92 Å². The highest BCUT2D eigenvalue weighted by atomic mass is 32.1. The van der Waals surface area contributed by atoms with Gasteiger partial charge in [-0.3, -0.25) is 4.79 Å². The molecule has 1 heterocycles. The van der Waals surface area contributed by atoms with Gasteiger partial charge >= 0.3 is 5.97 Å². The van der Waals surface area contributed by atoms with E-state index < -0.39 is 11.9 Å². The van der Waals surface area contributed by atoms with Crippen molar-refractivity contribution in [3.05, 3.63) is 10.6 Å². The van der Waals surface area contributed by atoms with E-state index in [1.807, 2.05) is 0 Å². The molecule has 0 saturated carbocycles. The van der Waals surface area contributed by atoms with E-state index in [2.05, 4.69) is 30.7 Å². The average molecular weight is 296 g/mol. The van der Waals surface area contributed by atoms with Crippen molar-refractivity contribution in [2.75, 3.05) is 18.0 Å². The number of fused-ring (bicyclic) bond motifs is 1. The van der Waals surface area contributed by atoms with Gasteiger partial charge in [0.1, 0.15) is 5.92 Å². The molecule has 0 aromatic carbocycles. The van der Waals surface area contributed by atoms with Crippen molar-refractivity contribution < 1.29 is 9.90 Å². The van der Waals surface area contributed by atoms with Crippen LogP contribution in [-0.4, -0.2) is 29.1 Å². The van der Waals surface area contributed by atoms with Crippen LogP contribution in [0.25, 0.3) is 0 Å². The van der Waals surface area contributed by atoms with Gasteiger partial charge in [-0.05, 0) is 32.1 Å². The molecule has 1 aromatic heterocycles. The largest absolute Gasteiger partial charge is 0.481 e. The highest BCUT2D eigenvalue weighted by Crippen LogP contribution is 2.38. The number of carbonyl (C=O) groups is 1. The first kappa shape index (κ1) is 15.3. The van der Waals surface area contributed by atoms with Crippen LogP contribution in [0.1, 0.15) is 56.5 Å². The monoisotopic (exact) mass is 296 g/mol. The summed E-state index contributed by atoms with van der Waals surface area (Å²) in [6, 6.07) is 0. The Kier molecular flexibility index (Phi) is 5.02. The quantitative estimate of drug-likeness (QED) is 0.872. The number of anilines is 1. The zero-order valence-electron chi connectivity index (χ0n) is 12.6. The molecular formula is C15H24N2O2S. The zero-order chi connectivity index (χ0) is 14.7. The molecule has 0 fully saturated rings. The van der Waals surface area contributed by atoms with Gasteiger partial charge in [-0.1, -0.05) is 20.3 Å². The number of aryl methyl sites for hydroxylation is 1. The van der Waals surface area contributed by atoms with Crippen molar-refractivity contribution >= 4 is 22.4 Å². The Morgan fingerprint density at radius 2 is 2.30 bits per heavy atom. The van der Waals surface area contributed by atoms with Crippen LogP contribution in [0.2, 0.25) is 0 Å². The van der Waals surface area contributed by atoms with Crippen molar-refractivity contribution in [2.24, 2.45) is 5.92 Å². The van der Waals surface area contributed by atoms with Crippen LogP contribution in [0.3, 0.4) is 0 Å². The van der Waals surface area contributed by atoms with Crippen LogP contribution in [0, 0.1) is 5.92 Å². The van der Waals surface area contributed by atoms with Crippen molar-refractivity contribution in [1.82, 2.24) is 4.98 Å². The van der Waals surface area contributed by atoms with E-state index in [-0.39, 0.29) is 0 Å². The Hall–Kier alpha value is -1.10. The molecule has 1 aliphatic carbocycles. The maximum absolute atomic E-state index is 11.3. The molecule has 0 radical (unpaired) electrons. The number of hydrogen-bond donors (Lipinski definition) is 1. The van der Waals surface area contributed by atoms with E-state index in [0.717, 1.165) is 49.6 Å². The highest BCUT2D eigenvalue weighted by molar-refractivity contribution is 7.15. The third-order valence-electron chi connectivity index (χ3n) is 4.12. The summed E-state index contributed by atoms with van der Waals surface area (Å²) in [5.74, 6) is -0.495. The second-order valence-electron chi connectivity index (χ2n) is 5.64. The van der Waals surface area contributed by atoms with Crippen LogP contribution in [0.5, 0.6) is 0 Å². The van der Waals surface area contributed by atoms with Crippen molar-refractivity contribution in [3.63, 3.8) is 0 Å². The van der Waals surface area contributed by atoms with Gasteiger partial charge in [0, 0.05) is 18.0 Å². The summed E-state index contributed by atoms with van der Waals surface area (Å²) < 4.78 is 0. The summed E-state index contributed by atoms with van der Waals surface area (Å²) in [5.41, 5.74) is 0.825. The van der Waals surface area contributed by atoms with E-state index in [1.54, 1.807) is 11.3 Å². The SMILES string of the molecule is CCC(C)CN(CC)c1nc2c(s1)CCCC2C(=O)O. The Morgan fingerprint density at radius 3 is 2.90 bits per heavy atom. The fourth-order valence-electron chi connectivity index (χ4n) is 2.63. The topological polar surface area (TPSA) is 53.4 Å². The molecule has 1 aromatic rings. The lowest BCUT2D eigenvalue weighted by atomic mass is 9.91. The van der Waals surface area contributed by atoms with Gasteiger partial charge in [-0.2, -0.15) is 0 Å². The Labute approximate surface area is 124 Å². The molecule has 2 atom stereocenters. The summed E-state index contributed by atoms with van der Waals surface area (Å²) in [5, 5.41) is 10.3. The summed E-state index contributed by atoms with van der Waals surface area (Å²) >= 11 is 1.69. The number of thiazole rings is 1. The average Bonchev–Trinajstić information content (AvgIpc) is 2.87. The predicted octanol–water partition coefficient (Wildman–Crippen LogP) is 3.52. The van der Waals surface area contributed by atoms with Crippen LogP contribution >= 0.6 is 11.3 Å². The third kappa shape index (κ3) is 3.14. The van der Waals surface area contributed by atoms with E-state index in [1.165, 1.54) is 4.88 Å². The zero-order valence-corrected chi connectivity index (χ0v) is 13.4. The van der Waals surface area contributed by atoms with Crippen molar-refractivity contribution in [3.8, 4) is 0 Å². The van der Waals surface area contributed by atoms with Crippen LogP contribution in [0.4, 0.5) is 5.13 Å². The Bertz CT molecular complexity index is 472. The van der Waals surface area contributed by atoms with Crippen molar-refractivity contribution in [1.29, 1.82) is 0 Å². The lowest BCUT2D eigenvalue weighted by Crippen LogP contribution is -2.28. The summed E-state index contributed by atoms with van der Waals surface area (Å²) in [6.07, 6.45) is 3.82. The molecular weight excluding hydrogens is 272 g/mol. The summed E-state index contributed by atoms with van der Waals surface area (Å²) in [7, 11) is 0. The summed E-state index contributed by atoms with van der Waals surface area (Å²) in [4.78, 5) is 19.5. The smallest absolute Gasteiger partial charge is 0.312 e. The molecule has 2 rings (SSSR count). The van der Waals surface area contributed by atoms with Gasteiger partial charge in [0.2, 0.25) is 0 Å². The Morgan fingerprint density at radius 1 is 1.55 bits per heavy atom. The fourth-order valence-corrected chi connectivity index (χ4v) is 3.86. The molecule has 5 heteroatoms. The van der Waals surface area contributed by atoms with Gasteiger partial charge in [0.25, 0.3) is 0 Å². The Balaban J connectivity index is 2.23. The number of carboxylic acids is 1. The normalized spacial score (nSPS) is 19.4. The number of aliphatic carboxylic acids is 1. The van der Waals surface area contributed by atoms with Crippen LogP contribution in [0.15, 0.2) is 0 Å². The van der Waals surface area contributed by atoms with Gasteiger partial charge in [-0.25, -0.2) is 4.98 Å². The first-order valence-corrected chi connectivity index (χ1v) is 8.35. The maximum Gasteiger partial charge on any atom is 0.312 e. The molecule has 112 valence electrons. The molecule has 20 heavy (non-hydrogen) atoms. The lowest BCUT2D eigenvalue weighted by molar-refractivity contribution is -0.139. The van der Waals surface area contributed by atoms with Gasteiger partial charge < -0.3 is 10.0 Å². The molecule has 0 spiro atoms. The van der Waals surface area contributed by atoms with Crippen LogP contribution < -0.4 is 4.90 Å². The number of carboxylic acid groups (broad SMARTS) is 1. The minimum atomic E-state index is -0.729. The third-order valence-corrected chi connectivity index (χ3v) is 5.31. The second kappa shape index (κ2) is 6.57. The standard InChI is InChI=1S/C15H24N2O2S/c1-4-10(3)9-17(5-2)15-16-13-11(14(18)19)7-6-8-12(13)20-15/h10-11H,4-9H2,1-3H3,(H,18,19). The highest BCUT2D eigenvalue weighted by Gasteiger charge is 2.30. The first-order valence-electron chi connectivity index (χ1n) is 7.54. The first-order chi connectivity index (χ1) is 9.56. The minimum Gasteiger partial charge on any atom is -0.481 e. The molecule has 1 aliphatic rings. The van der Waals surface area contributed by atoms with Crippen LogP contribution in [-0.2, 0) is 11.2 Å². The van der Waals surface area contributed by atoms with Gasteiger partial charge in [0.05, 0.1) is 5.69 Å². The van der Waals surface area contributed by atoms with E-state index >= 15 is 0 Å². The lowest BCUT2D eigenvalue weighted by Gasteiger charge is -2.23. The molecule has 2 unspecified atom stereocenters. The van der Waals surface area contributed by atoms with E-state index in [4.69, 9.17) is 0 Å². The number of hydrogen-bond acceptors (Lipinski definition) is 4.